The van der Waals surface area contributed by atoms with E-state index in [9.17, 15) is 36.0 Å². The van der Waals surface area contributed by atoms with Crippen LogP contribution in [0.2, 0.25) is 0 Å². The fraction of sp³-hybridized carbons (Fsp3) is 0.273. The Morgan fingerprint density at radius 2 is 1.66 bits per heavy atom. The molecule has 4 rings (SSSR count). The average Bonchev–Trinajstić information content (AvgIpc) is 2.75. The largest absolute Gasteiger partial charge is 0.587 e. The number of hydrogen-bond acceptors (Lipinski definition) is 6. The Morgan fingerprint density at radius 1 is 0.971 bits per heavy atom. The molecule has 1 aliphatic rings. The van der Waals surface area contributed by atoms with Crippen molar-refractivity contribution in [3.8, 4) is 11.3 Å². The number of nitrogens with one attached hydrogen (secondary N) is 1. The monoisotopic (exact) mass is 516 g/mol. The van der Waals surface area contributed by atoms with Crippen molar-refractivity contribution in [1.82, 2.24) is 9.97 Å². The van der Waals surface area contributed by atoms with Crippen LogP contribution in [0.15, 0.2) is 59.6 Å². The van der Waals surface area contributed by atoms with Gasteiger partial charge in [0.2, 0.25) is 0 Å². The minimum atomic E-state index is -4.80. The van der Waals surface area contributed by atoms with Crippen molar-refractivity contribution in [2.45, 2.75) is 29.9 Å². The lowest BCUT2D eigenvalue weighted by Gasteiger charge is -2.47. The highest BCUT2D eigenvalue weighted by atomic mass is 32.2. The molecule has 0 amide bonds. The van der Waals surface area contributed by atoms with Gasteiger partial charge >= 0.3 is 12.4 Å². The smallest absolute Gasteiger partial charge is 0.420 e. The summed E-state index contributed by atoms with van der Waals surface area (Å²) in [6.07, 6.45) is -9.47. The molecule has 1 fully saturated rings. The maximum atomic E-state index is 13.6. The van der Waals surface area contributed by atoms with Crippen LogP contribution in [0, 0.1) is 6.92 Å². The van der Waals surface area contributed by atoms with Gasteiger partial charge in [0.05, 0.1) is 24.3 Å². The van der Waals surface area contributed by atoms with Crippen molar-refractivity contribution < 1.29 is 36.0 Å². The van der Waals surface area contributed by atoms with E-state index in [0.29, 0.717) is 5.56 Å². The third-order valence-electron chi connectivity index (χ3n) is 5.45. The van der Waals surface area contributed by atoms with Gasteiger partial charge in [0, 0.05) is 11.6 Å². The first-order chi connectivity index (χ1) is 16.3. The van der Waals surface area contributed by atoms with E-state index in [2.05, 4.69) is 14.7 Å². The van der Waals surface area contributed by atoms with Crippen molar-refractivity contribution in [3.05, 3.63) is 65.7 Å². The Kier molecular flexibility index (Phi) is 6.36. The molecule has 1 atom stereocenters. The highest BCUT2D eigenvalue weighted by molar-refractivity contribution is 7.92. The molecule has 1 aliphatic heterocycles. The van der Waals surface area contributed by atoms with Crippen molar-refractivity contribution in [3.63, 3.8) is 0 Å². The zero-order valence-electron chi connectivity index (χ0n) is 18.0. The molecule has 2 N–H and O–H groups in total. The van der Waals surface area contributed by atoms with Crippen molar-refractivity contribution >= 4 is 23.0 Å². The maximum absolute atomic E-state index is 13.6. The number of alkyl halides is 6. The summed E-state index contributed by atoms with van der Waals surface area (Å²) in [5.41, 5.74) is -3.33. The number of aromatic nitrogens is 2. The Hall–Kier alpha value is -3.03. The molecule has 0 radical (unpaired) electrons. The van der Waals surface area contributed by atoms with E-state index in [1.54, 1.807) is 25.1 Å². The van der Waals surface area contributed by atoms with E-state index in [1.165, 1.54) is 29.2 Å². The molecule has 186 valence electrons. The van der Waals surface area contributed by atoms with Gasteiger partial charge in [-0.1, -0.05) is 30.3 Å². The van der Waals surface area contributed by atoms with E-state index >= 15 is 0 Å². The summed E-state index contributed by atoms with van der Waals surface area (Å²) in [6, 6.07) is 12.4. The molecular weight excluding hydrogens is 498 g/mol. The lowest BCUT2D eigenvalue weighted by Crippen LogP contribution is -2.69. The van der Waals surface area contributed by atoms with Gasteiger partial charge in [-0.3, -0.25) is 0 Å². The van der Waals surface area contributed by atoms with Crippen molar-refractivity contribution in [2.24, 2.45) is 0 Å². The van der Waals surface area contributed by atoms with Gasteiger partial charge in [-0.2, -0.15) is 36.0 Å². The van der Waals surface area contributed by atoms with E-state index in [-0.39, 0.29) is 27.9 Å². The zero-order valence-corrected chi connectivity index (χ0v) is 18.8. The fourth-order valence-electron chi connectivity index (χ4n) is 3.55. The summed E-state index contributed by atoms with van der Waals surface area (Å²) < 4.78 is 94.7. The summed E-state index contributed by atoms with van der Waals surface area (Å²) >= 11 is -2.09. The molecule has 0 saturated carbocycles. The predicted octanol–water partition coefficient (Wildman–Crippen LogP) is 4.72. The number of pyridine rings is 2. The van der Waals surface area contributed by atoms with Crippen LogP contribution in [-0.4, -0.2) is 44.5 Å². The topological polar surface area (TPSA) is 84.3 Å². The fourth-order valence-corrected chi connectivity index (χ4v) is 4.33. The van der Waals surface area contributed by atoms with Crippen LogP contribution in [0.25, 0.3) is 11.3 Å². The highest BCUT2D eigenvalue weighted by Crippen LogP contribution is 2.40. The first-order valence-electron chi connectivity index (χ1n) is 10.1. The molecule has 6 nitrogen and oxygen atoms in total. The first kappa shape index (κ1) is 25.1. The number of β-amino-alcohol motifs (C(OH)–C–C–N with tert-alkyl or cyclic N) is 1. The second-order valence-corrected chi connectivity index (χ2v) is 9.16. The van der Waals surface area contributed by atoms with Crippen LogP contribution < -0.4 is 9.62 Å². The van der Waals surface area contributed by atoms with Gasteiger partial charge < -0.3 is 14.6 Å². The molecule has 1 unspecified atom stereocenters. The van der Waals surface area contributed by atoms with Gasteiger partial charge in [-0.15, -0.1) is 0 Å². The summed E-state index contributed by atoms with van der Waals surface area (Å²) in [7, 11) is 0. The van der Waals surface area contributed by atoms with E-state index < -0.39 is 48.0 Å². The second-order valence-electron chi connectivity index (χ2n) is 8.00. The molecule has 1 aromatic carbocycles. The Morgan fingerprint density at radius 3 is 2.29 bits per heavy atom. The van der Waals surface area contributed by atoms with Crippen molar-refractivity contribution in [2.75, 3.05) is 22.7 Å². The molecule has 0 spiro atoms. The molecule has 2 aromatic heterocycles. The molecule has 0 aliphatic carbocycles. The number of aliphatic hydroxyl groups is 1. The SMILES string of the molecule is Cc1ccccc1-c1nc(N[S+]([O-])c2cccc(N3CC(O)(C(F)(F)F)C3)n2)ccc1C(F)(F)F. The van der Waals surface area contributed by atoms with Crippen LogP contribution >= 0.6 is 0 Å². The first-order valence-corrected chi connectivity index (χ1v) is 11.3. The summed E-state index contributed by atoms with van der Waals surface area (Å²) in [5.74, 6) is -0.0512. The third-order valence-corrected chi connectivity index (χ3v) is 6.46. The van der Waals surface area contributed by atoms with Gasteiger partial charge in [-0.25, -0.2) is 4.98 Å². The number of hydrogen-bond donors (Lipinski definition) is 2. The molecular formula is C22H18F6N4O2S. The number of nitrogens with zero attached hydrogens (tertiary/aromatic N) is 3. The van der Waals surface area contributed by atoms with Crippen LogP contribution in [0.4, 0.5) is 38.0 Å². The molecule has 3 aromatic rings. The zero-order chi connectivity index (χ0) is 25.6. The van der Waals surface area contributed by atoms with Crippen LogP contribution in [-0.2, 0) is 17.5 Å². The van der Waals surface area contributed by atoms with E-state index in [1.807, 2.05) is 0 Å². The van der Waals surface area contributed by atoms with Gasteiger partial charge in [0.25, 0.3) is 5.03 Å². The Labute approximate surface area is 198 Å². The molecule has 3 heterocycles. The minimum absolute atomic E-state index is 0.0625. The van der Waals surface area contributed by atoms with Crippen LogP contribution in [0.5, 0.6) is 0 Å². The number of rotatable bonds is 5. The van der Waals surface area contributed by atoms with Gasteiger partial charge in [0.1, 0.15) is 17.2 Å². The van der Waals surface area contributed by atoms with Crippen molar-refractivity contribution in [1.29, 1.82) is 0 Å². The average molecular weight is 516 g/mol. The number of halogens is 6. The number of aryl methyl sites for hydroxylation is 1. The quantitative estimate of drug-likeness (QED) is 0.377. The molecule has 0 bridgehead atoms. The third kappa shape index (κ3) is 5.02. The lowest BCUT2D eigenvalue weighted by molar-refractivity contribution is -0.267. The minimum Gasteiger partial charge on any atom is -0.587 e. The lowest BCUT2D eigenvalue weighted by atomic mass is 9.93. The van der Waals surface area contributed by atoms with Gasteiger partial charge in [-0.05, 0) is 30.7 Å². The molecule has 35 heavy (non-hydrogen) atoms. The second kappa shape index (κ2) is 8.88. The standard InChI is InChI=1S/C22H18F6N4O2S/c1-13-5-2-3-6-14(13)19-15(21(23,24)25)9-10-16(29-19)31-35(34)18-8-4-7-17(30-18)32-11-20(33,12-32)22(26,27)28/h2-10,33H,11-12H2,1H3,(H,29,31). The molecule has 13 heteroatoms. The van der Waals surface area contributed by atoms with Crippen LogP contribution in [0.3, 0.4) is 0 Å². The number of anilines is 2. The summed E-state index contributed by atoms with van der Waals surface area (Å²) in [6.45, 7) is 0.182. The molecule has 1 saturated heterocycles. The van der Waals surface area contributed by atoms with Crippen LogP contribution in [0.1, 0.15) is 11.1 Å². The predicted molar refractivity (Wildman–Crippen MR) is 117 cm³/mol. The van der Waals surface area contributed by atoms with Gasteiger partial charge in [0.15, 0.2) is 11.4 Å². The normalized spacial score (nSPS) is 16.5. The summed E-state index contributed by atoms with van der Waals surface area (Å²) in [5, 5.41) is 9.54. The Bertz CT molecular complexity index is 1230. The summed E-state index contributed by atoms with van der Waals surface area (Å²) in [4.78, 5) is 9.28. The maximum Gasteiger partial charge on any atom is 0.420 e. The Balaban J connectivity index is 1.57. The van der Waals surface area contributed by atoms with E-state index in [4.69, 9.17) is 0 Å². The van der Waals surface area contributed by atoms with E-state index in [0.717, 1.165) is 12.1 Å². The highest BCUT2D eigenvalue weighted by Gasteiger charge is 2.61. The number of benzene rings is 1.